The maximum Gasteiger partial charge on any atom is 0.343 e. The molecule has 26 heavy (non-hydrogen) atoms. The molecule has 0 saturated carbocycles. The lowest BCUT2D eigenvalue weighted by Crippen LogP contribution is -2.23. The number of pyridine rings is 1. The van der Waals surface area contributed by atoms with Crippen molar-refractivity contribution < 1.29 is 28.9 Å². The number of aromatic hydroxyl groups is 1. The Morgan fingerprint density at radius 1 is 1.35 bits per heavy atom. The molecule has 1 atom stereocenters. The molecule has 2 heterocycles. The van der Waals surface area contributed by atoms with Gasteiger partial charge in [-0.1, -0.05) is 6.07 Å². The summed E-state index contributed by atoms with van der Waals surface area (Å²) in [7, 11) is 1.14. The highest BCUT2D eigenvalue weighted by Gasteiger charge is 2.28. The molecule has 0 saturated heterocycles. The summed E-state index contributed by atoms with van der Waals surface area (Å²) in [5.74, 6) is -2.01. The van der Waals surface area contributed by atoms with Crippen LogP contribution < -0.4 is 20.8 Å². The van der Waals surface area contributed by atoms with Crippen LogP contribution in [-0.4, -0.2) is 35.9 Å². The second-order valence-corrected chi connectivity index (χ2v) is 5.62. The number of rotatable bonds is 5. The number of esters is 1. The Hall–Kier alpha value is -3.49. The fraction of sp³-hybridized carbons (Fsp3) is 0.235. The minimum atomic E-state index is -0.893. The van der Waals surface area contributed by atoms with Crippen molar-refractivity contribution >= 4 is 11.9 Å². The lowest BCUT2D eigenvalue weighted by Gasteiger charge is -2.18. The van der Waals surface area contributed by atoms with E-state index < -0.39 is 29.1 Å². The largest absolute Gasteiger partial charge is 0.506 e. The molecule has 0 spiro atoms. The molecule has 0 fully saturated rings. The summed E-state index contributed by atoms with van der Waals surface area (Å²) in [6.07, 6.45) is 0.787. The molecule has 1 aromatic heterocycles. The lowest BCUT2D eigenvalue weighted by molar-refractivity contribution is -0.118. The van der Waals surface area contributed by atoms with E-state index in [1.165, 1.54) is 0 Å². The number of nitrogens with one attached hydrogen (secondary N) is 1. The van der Waals surface area contributed by atoms with Crippen molar-refractivity contribution in [1.29, 1.82) is 0 Å². The molecule has 1 aliphatic rings. The van der Waals surface area contributed by atoms with Crippen LogP contribution in [-0.2, 0) is 9.53 Å². The summed E-state index contributed by atoms with van der Waals surface area (Å²) in [5, 5.41) is 10.5. The smallest absolute Gasteiger partial charge is 0.343 e. The number of aromatic amines is 1. The Labute approximate surface area is 147 Å². The van der Waals surface area contributed by atoms with E-state index in [0.717, 1.165) is 13.3 Å². The number of H-pyrrole nitrogens is 1. The number of fused-ring (bicyclic) bond motifs is 1. The maximum absolute atomic E-state index is 12.4. The maximum atomic E-state index is 12.4. The van der Waals surface area contributed by atoms with Crippen LogP contribution in [0.1, 0.15) is 33.8 Å². The molecule has 9 nitrogen and oxygen atoms in total. The summed E-state index contributed by atoms with van der Waals surface area (Å²) >= 11 is 0. The number of ether oxygens (including phenoxy) is 3. The van der Waals surface area contributed by atoms with E-state index in [4.69, 9.17) is 15.2 Å². The second-order valence-electron chi connectivity index (χ2n) is 5.62. The zero-order valence-electron chi connectivity index (χ0n) is 13.8. The van der Waals surface area contributed by atoms with E-state index in [9.17, 15) is 19.5 Å². The van der Waals surface area contributed by atoms with Crippen molar-refractivity contribution in [2.45, 2.75) is 12.3 Å². The first-order valence-corrected chi connectivity index (χ1v) is 7.63. The number of methoxy groups -OCH3 is 1. The number of carbonyl (C=O) groups is 2. The molecular weight excluding hydrogens is 344 g/mol. The first-order chi connectivity index (χ1) is 12.4. The number of aromatic nitrogens is 1. The van der Waals surface area contributed by atoms with Gasteiger partial charge in [0.1, 0.15) is 11.3 Å². The normalized spacial score (nSPS) is 13.3. The Kier molecular flexibility index (Phi) is 4.53. The van der Waals surface area contributed by atoms with Gasteiger partial charge in [0, 0.05) is 18.5 Å². The van der Waals surface area contributed by atoms with Crippen LogP contribution >= 0.6 is 0 Å². The number of carbonyl (C=O) groups excluding carboxylic acids is 2. The number of nitrogens with two attached hydrogens (primary N) is 1. The highest BCUT2D eigenvalue weighted by atomic mass is 16.7. The summed E-state index contributed by atoms with van der Waals surface area (Å²) in [4.78, 5) is 38.1. The Balaban J connectivity index is 2.16. The fourth-order valence-corrected chi connectivity index (χ4v) is 2.84. The summed E-state index contributed by atoms with van der Waals surface area (Å²) in [6, 6.07) is 4.85. The quantitative estimate of drug-likeness (QED) is 0.663. The van der Waals surface area contributed by atoms with Crippen LogP contribution in [0.15, 0.2) is 29.2 Å². The van der Waals surface area contributed by atoms with Crippen molar-refractivity contribution in [3.8, 4) is 17.2 Å². The average Bonchev–Trinajstić information content (AvgIpc) is 3.07. The van der Waals surface area contributed by atoms with Crippen LogP contribution in [0.4, 0.5) is 0 Å². The molecule has 0 bridgehead atoms. The van der Waals surface area contributed by atoms with Crippen molar-refractivity contribution in [2.75, 3.05) is 13.9 Å². The van der Waals surface area contributed by atoms with E-state index in [1.807, 2.05) is 0 Å². The fourth-order valence-electron chi connectivity index (χ4n) is 2.84. The number of primary amides is 1. The Morgan fingerprint density at radius 2 is 2.08 bits per heavy atom. The van der Waals surface area contributed by atoms with Gasteiger partial charge in [-0.2, -0.15) is 0 Å². The zero-order chi connectivity index (χ0) is 18.8. The average molecular weight is 360 g/mol. The number of hydrogen-bond acceptors (Lipinski definition) is 7. The molecule has 3 rings (SSSR count). The predicted octanol–water partition coefficient (Wildman–Crippen LogP) is 0.603. The van der Waals surface area contributed by atoms with Crippen LogP contribution in [0, 0.1) is 0 Å². The number of hydrogen-bond donors (Lipinski definition) is 3. The minimum Gasteiger partial charge on any atom is -0.506 e. The third-order valence-corrected chi connectivity index (χ3v) is 4.06. The van der Waals surface area contributed by atoms with Crippen molar-refractivity contribution in [3.63, 3.8) is 0 Å². The first-order valence-electron chi connectivity index (χ1n) is 7.63. The van der Waals surface area contributed by atoms with E-state index in [-0.39, 0.29) is 24.3 Å². The Bertz CT molecular complexity index is 935. The Morgan fingerprint density at radius 3 is 2.77 bits per heavy atom. The molecule has 2 aromatic rings. The third kappa shape index (κ3) is 3.06. The third-order valence-electron chi connectivity index (χ3n) is 4.06. The highest BCUT2D eigenvalue weighted by molar-refractivity contribution is 5.92. The molecule has 0 radical (unpaired) electrons. The summed E-state index contributed by atoms with van der Waals surface area (Å²) < 4.78 is 15.1. The van der Waals surface area contributed by atoms with Gasteiger partial charge in [0.2, 0.25) is 12.7 Å². The molecule has 9 heteroatoms. The van der Waals surface area contributed by atoms with Gasteiger partial charge >= 0.3 is 5.97 Å². The monoisotopic (exact) mass is 360 g/mol. The van der Waals surface area contributed by atoms with E-state index >= 15 is 0 Å². The summed E-state index contributed by atoms with van der Waals surface area (Å²) in [5.41, 5.74) is 4.78. The van der Waals surface area contributed by atoms with Gasteiger partial charge in [-0.3, -0.25) is 9.59 Å². The first kappa shape index (κ1) is 17.3. The summed E-state index contributed by atoms with van der Waals surface area (Å²) in [6.45, 7) is 0.0585. The van der Waals surface area contributed by atoms with Gasteiger partial charge in [0.25, 0.3) is 5.56 Å². The van der Waals surface area contributed by atoms with Crippen molar-refractivity contribution in [2.24, 2.45) is 5.73 Å². The van der Waals surface area contributed by atoms with Gasteiger partial charge in [-0.15, -0.1) is 0 Å². The van der Waals surface area contributed by atoms with Gasteiger partial charge in [-0.05, 0) is 17.7 Å². The van der Waals surface area contributed by atoms with Gasteiger partial charge in [0.05, 0.1) is 12.7 Å². The van der Waals surface area contributed by atoms with E-state index in [1.54, 1.807) is 18.2 Å². The number of amides is 1. The van der Waals surface area contributed by atoms with Crippen LogP contribution in [0.5, 0.6) is 17.2 Å². The molecule has 0 aliphatic carbocycles. The van der Waals surface area contributed by atoms with Crippen LogP contribution in [0.3, 0.4) is 0 Å². The topological polar surface area (TPSA) is 141 Å². The zero-order valence-corrected chi connectivity index (χ0v) is 13.8. The molecule has 1 aliphatic heterocycles. The predicted molar refractivity (Wildman–Crippen MR) is 88.3 cm³/mol. The molecule has 4 N–H and O–H groups in total. The molecule has 1 amide bonds. The van der Waals surface area contributed by atoms with Crippen molar-refractivity contribution in [1.82, 2.24) is 4.98 Å². The standard InChI is InChI=1S/C17H16N2O7/c1-24-17(23)10-6-19-16(22)14(15(10)21)9(5-13(18)20)8-2-3-11-12(4-8)26-7-25-11/h2-4,6,9H,5,7H2,1H3,(H2,18,20)(H2,19,21,22)/t9-/m0/s1. The van der Waals surface area contributed by atoms with Gasteiger partial charge in [0.15, 0.2) is 11.5 Å². The SMILES string of the molecule is COC(=O)c1c[nH]c(=O)c([C@@H](CC(N)=O)c2ccc3c(c2)OCO3)c1O. The number of benzene rings is 1. The van der Waals surface area contributed by atoms with Crippen LogP contribution in [0.2, 0.25) is 0 Å². The molecule has 0 unspecified atom stereocenters. The van der Waals surface area contributed by atoms with E-state index in [0.29, 0.717) is 17.1 Å². The minimum absolute atomic E-state index is 0.0585. The van der Waals surface area contributed by atoms with Gasteiger partial charge in [-0.25, -0.2) is 4.79 Å². The molecule has 136 valence electrons. The highest BCUT2D eigenvalue weighted by Crippen LogP contribution is 2.39. The van der Waals surface area contributed by atoms with Crippen LogP contribution in [0.25, 0.3) is 0 Å². The lowest BCUT2D eigenvalue weighted by atomic mass is 9.87. The van der Waals surface area contributed by atoms with Gasteiger partial charge < -0.3 is 30.0 Å². The molecule has 1 aromatic carbocycles. The van der Waals surface area contributed by atoms with Crippen molar-refractivity contribution in [3.05, 3.63) is 51.4 Å². The second kappa shape index (κ2) is 6.79. The van der Waals surface area contributed by atoms with E-state index in [2.05, 4.69) is 9.72 Å². The molecular formula is C17H16N2O7.